The summed E-state index contributed by atoms with van der Waals surface area (Å²) in [4.78, 5) is -0.311. The van der Waals surface area contributed by atoms with Crippen molar-refractivity contribution < 1.29 is 48.6 Å². The van der Waals surface area contributed by atoms with E-state index in [0.717, 1.165) is 9.13 Å². The van der Waals surface area contributed by atoms with Gasteiger partial charge in [-0.05, 0) is 106 Å². The predicted octanol–water partition coefficient (Wildman–Crippen LogP) is 12.8. The summed E-state index contributed by atoms with van der Waals surface area (Å²) in [5.41, 5.74) is -3.77. The van der Waals surface area contributed by atoms with Crippen molar-refractivity contribution in [3.05, 3.63) is 193 Å². The number of benzene rings is 9. The van der Waals surface area contributed by atoms with Gasteiger partial charge in [-0.3, -0.25) is 0 Å². The summed E-state index contributed by atoms with van der Waals surface area (Å²) < 4.78 is 303. The lowest BCUT2D eigenvalue weighted by atomic mass is 9.57. The largest absolute Gasteiger partial charge is 0.458 e. The molecular formula is C54H34BN3OS. The van der Waals surface area contributed by atoms with Gasteiger partial charge in [-0.1, -0.05) is 121 Å². The van der Waals surface area contributed by atoms with Crippen LogP contribution in [0.5, 0.6) is 11.5 Å². The molecule has 2 N–H and O–H groups in total. The fourth-order valence-corrected chi connectivity index (χ4v) is 8.96. The van der Waals surface area contributed by atoms with E-state index in [4.69, 9.17) is 33.8 Å². The Morgan fingerprint density at radius 1 is 0.450 bits per heavy atom. The fraction of sp³-hybridized carbons (Fsp3) is 0. The molecule has 2 aliphatic heterocycles. The summed E-state index contributed by atoms with van der Waals surface area (Å²) in [6.45, 7) is 0. The number of nitrogens with zero attached hydrogens (tertiary/aromatic N) is 2. The van der Waals surface area contributed by atoms with E-state index in [1.54, 1.807) is 0 Å². The lowest BCUT2D eigenvalue weighted by molar-refractivity contribution is 0.488. The Morgan fingerprint density at radius 2 is 0.950 bits per heavy atom. The van der Waals surface area contributed by atoms with Crippen LogP contribution in [0.4, 0.5) is 5.69 Å². The average Bonchev–Trinajstić information content (AvgIpc) is 0.945. The maximum absolute atomic E-state index is 10.3. The molecule has 0 saturated carbocycles. The number of rotatable bonds is 4. The topological polar surface area (TPSA) is 45.1 Å². The molecule has 11 aromatic rings. The van der Waals surface area contributed by atoms with Gasteiger partial charge in [0.25, 0.3) is 5.99 Å². The van der Waals surface area contributed by atoms with Crippen molar-refractivity contribution in [2.24, 2.45) is 0 Å². The zero-order chi connectivity index (χ0) is 67.3. The molecule has 4 nitrogen and oxygen atoms in total. The third-order valence-corrected chi connectivity index (χ3v) is 11.4. The number of nitrogen functional groups attached to an aromatic ring is 1. The lowest BCUT2D eigenvalue weighted by Crippen LogP contribution is -2.46. The molecule has 0 amide bonds. The highest BCUT2D eigenvalue weighted by molar-refractivity contribution is 8.28. The summed E-state index contributed by atoms with van der Waals surface area (Å²) >= 11 is 0.618. The Hall–Kier alpha value is -7.41. The molecule has 13 rings (SSSR count). The van der Waals surface area contributed by atoms with Gasteiger partial charge in [-0.2, -0.15) is 11.6 Å². The molecule has 60 heavy (non-hydrogen) atoms. The van der Waals surface area contributed by atoms with Gasteiger partial charge in [0, 0.05) is 43.3 Å². The van der Waals surface area contributed by atoms with Gasteiger partial charge in [0.05, 0.1) is 77.3 Å². The number of hydrogen-bond acceptors (Lipinski definition) is 3. The highest BCUT2D eigenvalue weighted by Crippen LogP contribution is 2.47. The quantitative estimate of drug-likeness (QED) is 0.142. The van der Waals surface area contributed by atoms with Crippen LogP contribution in [0.2, 0.25) is 0 Å². The van der Waals surface area contributed by atoms with Crippen molar-refractivity contribution in [1.82, 2.24) is 9.13 Å². The highest BCUT2D eigenvalue weighted by Gasteiger charge is 2.39. The molecule has 280 valence electrons. The minimum atomic E-state index is -1.64. The Bertz CT molecular complexity index is 5320. The van der Waals surface area contributed by atoms with E-state index in [1.807, 2.05) is 0 Å². The molecule has 9 aromatic carbocycles. The summed E-state index contributed by atoms with van der Waals surface area (Å²) in [7, 11) is 0. The monoisotopic (exact) mass is 815 g/mol. The third kappa shape index (κ3) is 4.83. The number of ether oxygens (including phenoxy) is 1. The Morgan fingerprint density at radius 3 is 1.53 bits per heavy atom. The van der Waals surface area contributed by atoms with Crippen LogP contribution in [0.1, 0.15) is 43.9 Å². The second-order valence-corrected chi connectivity index (χ2v) is 14.5. The van der Waals surface area contributed by atoms with Gasteiger partial charge in [0.2, 0.25) is 0 Å². The summed E-state index contributed by atoms with van der Waals surface area (Å²) in [6.07, 6.45) is 0. The van der Waals surface area contributed by atoms with Gasteiger partial charge in [-0.15, -0.1) is 0 Å². The smallest absolute Gasteiger partial charge is 0.289 e. The molecule has 2 aromatic heterocycles. The first kappa shape index (κ1) is 15.0. The number of fused-ring (bicyclic) bond motifs is 10. The first-order valence-electron chi connectivity index (χ1n) is 33.8. The van der Waals surface area contributed by atoms with E-state index in [0.29, 0.717) is 11.6 Å². The van der Waals surface area contributed by atoms with Gasteiger partial charge >= 0.3 is 0 Å². The van der Waals surface area contributed by atoms with Crippen LogP contribution in [0.3, 0.4) is 0 Å². The van der Waals surface area contributed by atoms with Crippen LogP contribution in [0.15, 0.2) is 198 Å². The van der Waals surface area contributed by atoms with E-state index in [2.05, 4.69) is 0 Å². The summed E-state index contributed by atoms with van der Waals surface area (Å²) in [6, 6.07) is -29.6. The zero-order valence-electron chi connectivity index (χ0n) is 61.9. The van der Waals surface area contributed by atoms with Crippen molar-refractivity contribution >= 4 is 77.8 Å². The van der Waals surface area contributed by atoms with Gasteiger partial charge in [0.15, 0.2) is 0 Å². The predicted molar refractivity (Wildman–Crippen MR) is 253 cm³/mol. The summed E-state index contributed by atoms with van der Waals surface area (Å²) in [5, 5.41) is -2.13. The first-order valence-corrected chi connectivity index (χ1v) is 18.7. The second-order valence-electron chi connectivity index (χ2n) is 13.3. The SMILES string of the molecule is [2H]c1c([2H])c([2H])c(-n2c3c([2H])c([2H])c([2H])c([2H])c3c3c([2H])c([2H])c([2H])c([2H])c32)c(-c2c([2H])c([2H])c3c(c2[2H])Oc2c([2H])c(-c4c([2H])c([2H])c([2H])c([2H])c4-n4c5c([2H])c([2H])c([2H])c([2H])c5c5c([2H])c([2H])c([2H])c([2H])c54)c([2H])c4c2B3Sc2c([2H])c([2H])c(N)c([2H])c2-4)c1[2H]. The van der Waals surface area contributed by atoms with Crippen LogP contribution in [-0.2, 0) is 0 Å². The van der Waals surface area contributed by atoms with Gasteiger partial charge in [0.1, 0.15) is 11.5 Å². The molecule has 0 atom stereocenters. The zero-order valence-corrected chi connectivity index (χ0v) is 30.7. The second kappa shape index (κ2) is 12.8. The fourth-order valence-electron chi connectivity index (χ4n) is 7.71. The van der Waals surface area contributed by atoms with Crippen molar-refractivity contribution in [3.8, 4) is 56.3 Å². The van der Waals surface area contributed by atoms with Crippen LogP contribution < -0.4 is 21.4 Å². The average molecular weight is 816 g/mol. The molecule has 0 spiro atoms. The van der Waals surface area contributed by atoms with Crippen LogP contribution in [0.25, 0.3) is 88.4 Å². The van der Waals surface area contributed by atoms with E-state index < -0.39 is 310 Å². The van der Waals surface area contributed by atoms with E-state index >= 15 is 0 Å². The van der Waals surface area contributed by atoms with Crippen LogP contribution in [-0.4, -0.2) is 15.1 Å². The molecule has 6 heteroatoms. The number of nitrogens with two attached hydrogens (primary N) is 1. The standard InChI is InChI=1S/C54H34BN3OS/c56-35-26-28-53-42(32-35)43-29-34(37-14-2-8-20-46(37)58-49-23-11-5-17-40(49)41-18-6-12-24-50(41)58)31-52-54(43)55(60-53)44-27-25-33(30-51(44)59-52)36-13-1-7-19-45(36)57-47-21-9-3-15-38(47)39-16-4-10-22-48(39)57/h1-32H,56H2/i1D,2D,3D,4D,5D,6D,7D,8D,9D,10D,11D,12D,13D,14D,15D,16D,17D,18D,19D,20D,21D,22D,23D,24D,25D,26D,27D,28D,29D,30D,31D,32D. The minimum absolute atomic E-state index is 0.308. The molecular weight excluding hydrogens is 749 g/mol. The molecule has 2 aliphatic rings. The number of hydrogen-bond donors (Lipinski definition) is 1. The van der Waals surface area contributed by atoms with Crippen molar-refractivity contribution in [2.45, 2.75) is 4.90 Å². The van der Waals surface area contributed by atoms with E-state index in [-0.39, 0.29) is 10.4 Å². The van der Waals surface area contributed by atoms with Crippen molar-refractivity contribution in [2.75, 3.05) is 5.73 Å². The Labute approximate surface area is 396 Å². The molecule has 0 fully saturated rings. The highest BCUT2D eigenvalue weighted by atomic mass is 32.2. The molecule has 0 aliphatic carbocycles. The van der Waals surface area contributed by atoms with Gasteiger partial charge in [-0.25, -0.2) is 0 Å². The molecule has 0 bridgehead atoms. The van der Waals surface area contributed by atoms with Crippen molar-refractivity contribution in [1.29, 1.82) is 0 Å². The third-order valence-electron chi connectivity index (χ3n) is 10.2. The van der Waals surface area contributed by atoms with Crippen LogP contribution in [0, 0.1) is 0 Å². The van der Waals surface area contributed by atoms with E-state index in [9.17, 15) is 20.6 Å². The first-order chi connectivity index (χ1) is 43.0. The number of aromatic nitrogens is 2. The molecule has 0 radical (unpaired) electrons. The minimum Gasteiger partial charge on any atom is -0.458 e. The van der Waals surface area contributed by atoms with E-state index in [1.165, 1.54) is 0 Å². The number of para-hydroxylation sites is 6. The Kier molecular flexibility index (Phi) is 3.20. The van der Waals surface area contributed by atoms with Crippen molar-refractivity contribution in [3.63, 3.8) is 0 Å². The number of anilines is 1. The summed E-state index contributed by atoms with van der Waals surface area (Å²) in [5.74, 6) is -3.18. The van der Waals surface area contributed by atoms with Crippen LogP contribution >= 0.6 is 11.6 Å². The normalized spacial score (nSPS) is 20.2. The maximum atomic E-state index is 10.3. The molecule has 0 saturated heterocycles. The lowest BCUT2D eigenvalue weighted by Gasteiger charge is -2.33. The van der Waals surface area contributed by atoms with Gasteiger partial charge < -0.3 is 19.6 Å². The molecule has 0 unspecified atom stereocenters. The maximum Gasteiger partial charge on any atom is 0.289 e. The molecule has 4 heterocycles. The Balaban J connectivity index is 1.20.